The highest BCUT2D eigenvalue weighted by Crippen LogP contribution is 2.38. The average Bonchev–Trinajstić information content (AvgIpc) is 2.19. The highest BCUT2D eigenvalue weighted by molar-refractivity contribution is 7.80. The topological polar surface area (TPSA) is 40.5 Å². The van der Waals surface area contributed by atoms with Crippen LogP contribution in [0.5, 0.6) is 5.75 Å². The largest absolute Gasteiger partial charge is 0.506 e. The Labute approximate surface area is 101 Å². The van der Waals surface area contributed by atoms with E-state index in [-0.39, 0.29) is 4.90 Å². The number of halogens is 3. The van der Waals surface area contributed by atoms with Crippen molar-refractivity contribution >= 4 is 18.5 Å². The van der Waals surface area contributed by atoms with Gasteiger partial charge in [0.25, 0.3) is 5.91 Å². The number of amides is 1. The molecule has 0 aliphatic rings. The van der Waals surface area contributed by atoms with Crippen molar-refractivity contribution in [3.05, 3.63) is 23.3 Å². The summed E-state index contributed by atoms with van der Waals surface area (Å²) in [6, 6.07) is 1.71. The van der Waals surface area contributed by atoms with Crippen LogP contribution in [0.4, 0.5) is 13.2 Å². The molecule has 17 heavy (non-hydrogen) atoms. The van der Waals surface area contributed by atoms with Crippen LogP contribution in [0.2, 0.25) is 0 Å². The lowest BCUT2D eigenvalue weighted by Crippen LogP contribution is -2.25. The van der Waals surface area contributed by atoms with Crippen molar-refractivity contribution in [1.82, 2.24) is 4.90 Å². The maximum atomic E-state index is 12.7. The standard InChI is InChI=1S/C10H10F3NO2S/c1-14(2)9(16)7-5(10(11,12)13)3-4-6(17)8(7)15/h3-4,15,17H,1-2H3. The fraction of sp³-hybridized carbons (Fsp3) is 0.300. The number of rotatable bonds is 1. The molecular weight excluding hydrogens is 255 g/mol. The second kappa shape index (κ2) is 4.48. The minimum Gasteiger partial charge on any atom is -0.506 e. The van der Waals surface area contributed by atoms with Gasteiger partial charge >= 0.3 is 6.18 Å². The smallest absolute Gasteiger partial charge is 0.417 e. The summed E-state index contributed by atoms with van der Waals surface area (Å²) in [5, 5.41) is 9.54. The molecule has 1 N–H and O–H groups in total. The molecule has 0 saturated heterocycles. The van der Waals surface area contributed by atoms with E-state index in [1.807, 2.05) is 0 Å². The Morgan fingerprint density at radius 3 is 2.29 bits per heavy atom. The van der Waals surface area contributed by atoms with Crippen LogP contribution in [0.3, 0.4) is 0 Å². The van der Waals surface area contributed by atoms with E-state index >= 15 is 0 Å². The molecule has 0 atom stereocenters. The molecular formula is C10H10F3NO2S. The molecule has 0 radical (unpaired) electrons. The first-order chi connectivity index (χ1) is 7.66. The number of carbonyl (C=O) groups is 1. The Hall–Kier alpha value is -1.37. The van der Waals surface area contributed by atoms with E-state index < -0.39 is 29.0 Å². The van der Waals surface area contributed by atoms with Gasteiger partial charge in [-0.3, -0.25) is 4.79 Å². The van der Waals surface area contributed by atoms with Crippen molar-refractivity contribution in [2.75, 3.05) is 14.1 Å². The first kappa shape index (κ1) is 13.7. The molecule has 1 aromatic carbocycles. The number of alkyl halides is 3. The van der Waals surface area contributed by atoms with E-state index in [1.54, 1.807) is 0 Å². The monoisotopic (exact) mass is 265 g/mol. The Morgan fingerprint density at radius 2 is 1.88 bits per heavy atom. The second-order valence-corrected chi connectivity index (χ2v) is 4.04. The van der Waals surface area contributed by atoms with Gasteiger partial charge in [0.05, 0.1) is 11.1 Å². The van der Waals surface area contributed by atoms with E-state index in [9.17, 15) is 23.1 Å². The van der Waals surface area contributed by atoms with Gasteiger partial charge in [0.15, 0.2) is 0 Å². The lowest BCUT2D eigenvalue weighted by molar-refractivity contribution is -0.138. The number of phenols is 1. The fourth-order valence-electron chi connectivity index (χ4n) is 1.26. The van der Waals surface area contributed by atoms with Gasteiger partial charge in [0, 0.05) is 19.0 Å². The Bertz CT molecular complexity index is 458. The van der Waals surface area contributed by atoms with Gasteiger partial charge < -0.3 is 10.0 Å². The number of nitrogens with zero attached hydrogens (tertiary/aromatic N) is 1. The number of phenolic OH excluding ortho intramolecular Hbond substituents is 1. The highest BCUT2D eigenvalue weighted by atomic mass is 32.1. The molecule has 7 heteroatoms. The van der Waals surface area contributed by atoms with Crippen LogP contribution in [0.15, 0.2) is 17.0 Å². The minimum atomic E-state index is -4.71. The third-order valence-corrected chi connectivity index (χ3v) is 2.44. The Kier molecular flexibility index (Phi) is 3.61. The zero-order valence-electron chi connectivity index (χ0n) is 9.04. The predicted molar refractivity (Wildman–Crippen MR) is 58.4 cm³/mol. The maximum Gasteiger partial charge on any atom is 0.417 e. The summed E-state index contributed by atoms with van der Waals surface area (Å²) in [6.45, 7) is 0. The fourth-order valence-corrected chi connectivity index (χ4v) is 1.44. The second-order valence-electron chi connectivity index (χ2n) is 3.55. The van der Waals surface area contributed by atoms with E-state index in [0.29, 0.717) is 0 Å². The lowest BCUT2D eigenvalue weighted by atomic mass is 10.0. The quantitative estimate of drug-likeness (QED) is 0.765. The third kappa shape index (κ3) is 2.66. The van der Waals surface area contributed by atoms with Crippen molar-refractivity contribution in [1.29, 1.82) is 0 Å². The molecule has 0 bridgehead atoms. The van der Waals surface area contributed by atoms with Gasteiger partial charge in [0.2, 0.25) is 0 Å². The molecule has 3 nitrogen and oxygen atoms in total. The molecule has 0 saturated carbocycles. The predicted octanol–water partition coefficient (Wildman–Crippen LogP) is 2.40. The van der Waals surface area contributed by atoms with Crippen LogP contribution in [-0.2, 0) is 6.18 Å². The SMILES string of the molecule is CN(C)C(=O)c1c(C(F)(F)F)ccc(S)c1O. The molecule has 94 valence electrons. The van der Waals surface area contributed by atoms with Crippen molar-refractivity contribution in [3.63, 3.8) is 0 Å². The van der Waals surface area contributed by atoms with Crippen LogP contribution in [0.1, 0.15) is 15.9 Å². The average molecular weight is 265 g/mol. The molecule has 1 amide bonds. The highest BCUT2D eigenvalue weighted by Gasteiger charge is 2.37. The molecule has 1 aromatic rings. The van der Waals surface area contributed by atoms with Gasteiger partial charge in [-0.05, 0) is 12.1 Å². The van der Waals surface area contributed by atoms with Crippen molar-refractivity contribution < 1.29 is 23.1 Å². The molecule has 0 heterocycles. The lowest BCUT2D eigenvalue weighted by Gasteiger charge is -2.17. The molecule has 0 spiro atoms. The first-order valence-corrected chi connectivity index (χ1v) is 4.94. The van der Waals surface area contributed by atoms with Crippen LogP contribution >= 0.6 is 12.6 Å². The summed E-state index contributed by atoms with van der Waals surface area (Å²) < 4.78 is 38.0. The summed E-state index contributed by atoms with van der Waals surface area (Å²) in [5.74, 6) is -1.69. The minimum absolute atomic E-state index is 0.0804. The van der Waals surface area contributed by atoms with E-state index in [1.165, 1.54) is 14.1 Å². The number of aromatic hydroxyl groups is 1. The van der Waals surface area contributed by atoms with Crippen LogP contribution in [0.25, 0.3) is 0 Å². The number of thiol groups is 1. The normalized spacial score (nSPS) is 11.4. The first-order valence-electron chi connectivity index (χ1n) is 4.50. The van der Waals surface area contributed by atoms with Crippen molar-refractivity contribution in [3.8, 4) is 5.75 Å². The molecule has 0 fully saturated rings. The number of hydrogen-bond donors (Lipinski definition) is 2. The van der Waals surface area contributed by atoms with Gasteiger partial charge in [-0.2, -0.15) is 13.2 Å². The number of benzene rings is 1. The molecule has 0 aliphatic heterocycles. The summed E-state index contributed by atoms with van der Waals surface area (Å²) in [4.78, 5) is 12.5. The van der Waals surface area contributed by atoms with Gasteiger partial charge in [-0.25, -0.2) is 0 Å². The molecule has 0 aliphatic carbocycles. The van der Waals surface area contributed by atoms with E-state index in [4.69, 9.17) is 0 Å². The summed E-state index contributed by atoms with van der Waals surface area (Å²) in [6.07, 6.45) is -4.71. The zero-order valence-corrected chi connectivity index (χ0v) is 9.93. The Morgan fingerprint density at radius 1 is 1.35 bits per heavy atom. The van der Waals surface area contributed by atoms with Gasteiger partial charge in [-0.15, -0.1) is 12.6 Å². The van der Waals surface area contributed by atoms with Gasteiger partial charge in [-0.1, -0.05) is 0 Å². The summed E-state index contributed by atoms with van der Waals surface area (Å²) in [5.41, 5.74) is -1.96. The molecule has 1 rings (SSSR count). The van der Waals surface area contributed by atoms with Crippen molar-refractivity contribution in [2.45, 2.75) is 11.1 Å². The molecule has 0 aromatic heterocycles. The van der Waals surface area contributed by atoms with E-state index in [2.05, 4.69) is 12.6 Å². The van der Waals surface area contributed by atoms with Crippen molar-refractivity contribution in [2.24, 2.45) is 0 Å². The summed E-state index contributed by atoms with van der Waals surface area (Å²) >= 11 is 3.79. The molecule has 0 unspecified atom stereocenters. The summed E-state index contributed by atoms with van der Waals surface area (Å²) in [7, 11) is 2.60. The van der Waals surface area contributed by atoms with Crippen LogP contribution < -0.4 is 0 Å². The van der Waals surface area contributed by atoms with Crippen LogP contribution in [0, 0.1) is 0 Å². The van der Waals surface area contributed by atoms with Crippen LogP contribution in [-0.4, -0.2) is 30.0 Å². The van der Waals surface area contributed by atoms with Gasteiger partial charge in [0.1, 0.15) is 5.75 Å². The maximum absolute atomic E-state index is 12.7. The third-order valence-electron chi connectivity index (χ3n) is 2.08. The zero-order chi connectivity index (χ0) is 13.4. The Balaban J connectivity index is 3.53. The van der Waals surface area contributed by atoms with E-state index in [0.717, 1.165) is 17.0 Å². The number of carbonyl (C=O) groups excluding carboxylic acids is 1. The number of hydrogen-bond acceptors (Lipinski definition) is 3.